The Balaban J connectivity index is 2.85. The molecule has 0 aliphatic rings. The van der Waals surface area contributed by atoms with Gasteiger partial charge in [0, 0.05) is 12.1 Å². The highest BCUT2D eigenvalue weighted by Crippen LogP contribution is 2.06. The third-order valence-corrected chi connectivity index (χ3v) is 1.67. The minimum Gasteiger partial charge on any atom is -0.202 e. The average Bonchev–Trinajstić information content (AvgIpc) is 2.15. The second-order valence-corrected chi connectivity index (χ2v) is 2.62. The van der Waals surface area contributed by atoms with E-state index in [2.05, 4.69) is 16.7 Å². The molecule has 1 aromatic carbocycles. The quantitative estimate of drug-likeness (QED) is 0.462. The molecule has 0 saturated carbocycles. The molecule has 1 nitrogen and oxygen atoms in total. The molecule has 0 N–H and O–H groups in total. The Morgan fingerprint density at radius 3 is 2.42 bits per heavy atom. The van der Waals surface area contributed by atoms with Crippen LogP contribution in [0.25, 0.3) is 0 Å². The third kappa shape index (κ3) is 2.35. The Labute approximate surface area is 73.7 Å². The van der Waals surface area contributed by atoms with E-state index in [1.807, 2.05) is 50.5 Å². The topological polar surface area (TPSA) is 3.01 Å². The lowest BCUT2D eigenvalue weighted by Crippen LogP contribution is -1.96. The fourth-order valence-electron chi connectivity index (χ4n) is 0.964. The van der Waals surface area contributed by atoms with Crippen LogP contribution in [0.4, 0.5) is 5.69 Å². The van der Waals surface area contributed by atoms with E-state index in [-0.39, 0.29) is 0 Å². The van der Waals surface area contributed by atoms with Crippen molar-refractivity contribution in [3.05, 3.63) is 42.5 Å². The van der Waals surface area contributed by atoms with E-state index in [1.165, 1.54) is 5.69 Å². The van der Waals surface area contributed by atoms with E-state index in [4.69, 9.17) is 0 Å². The van der Waals surface area contributed by atoms with Crippen LogP contribution in [0.1, 0.15) is 6.92 Å². The maximum absolute atomic E-state index is 2.08. The zero-order valence-electron chi connectivity index (χ0n) is 7.57. The van der Waals surface area contributed by atoms with Crippen LogP contribution in [0.5, 0.6) is 0 Å². The fraction of sp³-hybridized carbons (Fsp3) is 0.182. The second-order valence-electron chi connectivity index (χ2n) is 2.62. The lowest BCUT2D eigenvalue weighted by Gasteiger charge is -1.92. The summed E-state index contributed by atoms with van der Waals surface area (Å²) in [5.74, 6) is 0. The van der Waals surface area contributed by atoms with Gasteiger partial charge in [-0.05, 0) is 13.0 Å². The van der Waals surface area contributed by atoms with Crippen LogP contribution in [0.3, 0.4) is 0 Å². The van der Waals surface area contributed by atoms with E-state index < -0.39 is 0 Å². The highest BCUT2D eigenvalue weighted by molar-refractivity contribution is 5.67. The van der Waals surface area contributed by atoms with Gasteiger partial charge in [0.15, 0.2) is 6.21 Å². The van der Waals surface area contributed by atoms with E-state index in [0.29, 0.717) is 0 Å². The Hall–Kier alpha value is -1.37. The molecule has 12 heavy (non-hydrogen) atoms. The Morgan fingerprint density at radius 2 is 1.83 bits per heavy atom. The maximum atomic E-state index is 2.08. The molecular formula is C11H14N+. The molecule has 0 aliphatic heterocycles. The number of rotatable bonds is 2. The highest BCUT2D eigenvalue weighted by Gasteiger charge is 1.97. The number of benzene rings is 1. The van der Waals surface area contributed by atoms with Crippen molar-refractivity contribution < 1.29 is 4.58 Å². The van der Waals surface area contributed by atoms with Crippen molar-refractivity contribution in [3.8, 4) is 0 Å². The number of hydrogen-bond donors (Lipinski definition) is 0. The smallest absolute Gasteiger partial charge is 0.202 e. The van der Waals surface area contributed by atoms with Gasteiger partial charge in [0.1, 0.15) is 7.05 Å². The van der Waals surface area contributed by atoms with Gasteiger partial charge in [-0.2, -0.15) is 0 Å². The summed E-state index contributed by atoms with van der Waals surface area (Å²) >= 11 is 0. The number of para-hydroxylation sites is 1. The first kappa shape index (κ1) is 8.72. The van der Waals surface area contributed by atoms with E-state index in [9.17, 15) is 0 Å². The predicted octanol–water partition coefficient (Wildman–Crippen LogP) is 2.61. The van der Waals surface area contributed by atoms with Gasteiger partial charge >= 0.3 is 0 Å². The Morgan fingerprint density at radius 1 is 1.17 bits per heavy atom. The van der Waals surface area contributed by atoms with Crippen molar-refractivity contribution in [1.29, 1.82) is 0 Å². The Kier molecular flexibility index (Phi) is 3.27. The summed E-state index contributed by atoms with van der Waals surface area (Å²) in [5.41, 5.74) is 1.20. The van der Waals surface area contributed by atoms with Gasteiger partial charge in [-0.25, -0.2) is 4.58 Å². The van der Waals surface area contributed by atoms with Gasteiger partial charge in [0.05, 0.1) is 0 Å². The number of allylic oxidation sites excluding steroid dienone is 2. The van der Waals surface area contributed by atoms with Crippen LogP contribution in [0.15, 0.2) is 42.5 Å². The Bertz CT molecular complexity index is 283. The summed E-state index contributed by atoms with van der Waals surface area (Å²) in [7, 11) is 2.04. The zero-order valence-corrected chi connectivity index (χ0v) is 7.57. The normalized spacial score (nSPS) is 12.3. The summed E-state index contributed by atoms with van der Waals surface area (Å²) < 4.78 is 2.08. The lowest BCUT2D eigenvalue weighted by molar-refractivity contribution is -0.398. The van der Waals surface area contributed by atoms with Crippen molar-refractivity contribution in [2.24, 2.45) is 0 Å². The van der Waals surface area contributed by atoms with Crippen molar-refractivity contribution >= 4 is 11.9 Å². The van der Waals surface area contributed by atoms with Gasteiger partial charge < -0.3 is 0 Å². The van der Waals surface area contributed by atoms with Crippen LogP contribution in [0.2, 0.25) is 0 Å². The minimum absolute atomic E-state index is 1.20. The monoisotopic (exact) mass is 160 g/mol. The molecule has 0 heterocycles. The molecule has 1 aromatic rings. The molecule has 0 fully saturated rings. The molecule has 0 bridgehead atoms. The summed E-state index contributed by atoms with van der Waals surface area (Å²) in [6.07, 6.45) is 6.07. The van der Waals surface area contributed by atoms with E-state index in [0.717, 1.165) is 0 Å². The van der Waals surface area contributed by atoms with E-state index >= 15 is 0 Å². The second kappa shape index (κ2) is 4.50. The summed E-state index contributed by atoms with van der Waals surface area (Å²) in [6, 6.07) is 10.3. The number of nitrogens with zero attached hydrogens (tertiary/aromatic N) is 1. The van der Waals surface area contributed by atoms with Crippen molar-refractivity contribution in [2.45, 2.75) is 6.92 Å². The van der Waals surface area contributed by atoms with Crippen LogP contribution in [-0.4, -0.2) is 17.8 Å². The highest BCUT2D eigenvalue weighted by atomic mass is 15.0. The maximum Gasteiger partial charge on any atom is 0.204 e. The van der Waals surface area contributed by atoms with Crippen LogP contribution < -0.4 is 0 Å². The van der Waals surface area contributed by atoms with Gasteiger partial charge in [0.25, 0.3) is 0 Å². The standard InChI is InChI=1S/C11H14N/c1-3-4-10-12(2)11-8-6-5-7-9-11/h3-10H,1-2H3/q+1. The largest absolute Gasteiger partial charge is 0.204 e. The molecule has 0 aromatic heterocycles. The molecule has 0 amide bonds. The van der Waals surface area contributed by atoms with Crippen LogP contribution in [0, 0.1) is 0 Å². The first-order chi connectivity index (χ1) is 5.84. The summed E-state index contributed by atoms with van der Waals surface area (Å²) in [5, 5.41) is 0. The predicted molar refractivity (Wildman–Crippen MR) is 53.2 cm³/mol. The molecule has 0 saturated heterocycles. The fourth-order valence-corrected chi connectivity index (χ4v) is 0.964. The minimum atomic E-state index is 1.20. The first-order valence-corrected chi connectivity index (χ1v) is 4.08. The summed E-state index contributed by atoms with van der Waals surface area (Å²) in [4.78, 5) is 0. The van der Waals surface area contributed by atoms with Gasteiger partial charge in [-0.3, -0.25) is 0 Å². The molecule has 1 heteroatoms. The zero-order chi connectivity index (χ0) is 8.81. The molecule has 1 rings (SSSR count). The molecule has 62 valence electrons. The SMILES string of the molecule is CC=CC=[N+](C)c1ccccc1. The van der Waals surface area contributed by atoms with Crippen LogP contribution in [-0.2, 0) is 0 Å². The third-order valence-electron chi connectivity index (χ3n) is 1.67. The molecule has 0 atom stereocenters. The van der Waals surface area contributed by atoms with Gasteiger partial charge in [0.2, 0.25) is 5.69 Å². The van der Waals surface area contributed by atoms with E-state index in [1.54, 1.807) is 0 Å². The lowest BCUT2D eigenvalue weighted by atomic mass is 10.3. The van der Waals surface area contributed by atoms with Crippen LogP contribution >= 0.6 is 0 Å². The van der Waals surface area contributed by atoms with Crippen molar-refractivity contribution in [3.63, 3.8) is 0 Å². The van der Waals surface area contributed by atoms with Crippen molar-refractivity contribution in [1.82, 2.24) is 0 Å². The molecular weight excluding hydrogens is 146 g/mol. The van der Waals surface area contributed by atoms with Crippen molar-refractivity contribution in [2.75, 3.05) is 7.05 Å². The average molecular weight is 160 g/mol. The molecule has 0 aliphatic carbocycles. The molecule has 0 radical (unpaired) electrons. The summed E-state index contributed by atoms with van der Waals surface area (Å²) in [6.45, 7) is 2.01. The first-order valence-electron chi connectivity index (χ1n) is 4.08. The molecule has 0 unspecified atom stereocenters. The van der Waals surface area contributed by atoms with Gasteiger partial charge in [-0.1, -0.05) is 24.3 Å². The van der Waals surface area contributed by atoms with Gasteiger partial charge in [-0.15, -0.1) is 0 Å². The molecule has 0 spiro atoms. The number of hydrogen-bond acceptors (Lipinski definition) is 0.